The number of benzene rings is 1. The number of carbonyl (C=O) groups excluding carboxylic acids is 1. The molecule has 0 fully saturated rings. The fourth-order valence-corrected chi connectivity index (χ4v) is 2.87. The van der Waals surface area contributed by atoms with Gasteiger partial charge in [-0.15, -0.1) is 0 Å². The summed E-state index contributed by atoms with van der Waals surface area (Å²) in [5, 5.41) is 0. The molecule has 0 amide bonds. The quantitative estimate of drug-likeness (QED) is 0.811. The zero-order valence-electron chi connectivity index (χ0n) is 13.1. The van der Waals surface area contributed by atoms with Crippen LogP contribution in [0.15, 0.2) is 30.3 Å². The van der Waals surface area contributed by atoms with E-state index in [2.05, 4.69) is 0 Å². The number of ether oxygens (including phenoxy) is 1. The summed E-state index contributed by atoms with van der Waals surface area (Å²) in [6, 6.07) is 8.88. The minimum absolute atomic E-state index is 0.399. The second-order valence-electron chi connectivity index (χ2n) is 6.38. The van der Waals surface area contributed by atoms with Crippen molar-refractivity contribution in [1.29, 1.82) is 0 Å². The number of hydrogen-bond donors (Lipinski definition) is 2. The molecule has 4 N–H and O–H groups in total. The van der Waals surface area contributed by atoms with Crippen molar-refractivity contribution in [2.45, 2.75) is 57.7 Å². The van der Waals surface area contributed by atoms with E-state index in [0.717, 1.165) is 0 Å². The van der Waals surface area contributed by atoms with Crippen molar-refractivity contribution in [1.82, 2.24) is 0 Å². The maximum Gasteiger partial charge on any atom is 0.338 e. The Morgan fingerprint density at radius 3 is 1.85 bits per heavy atom. The number of rotatable bonds is 5. The molecule has 0 saturated heterocycles. The fraction of sp³-hybridized carbons (Fsp3) is 0.562. The molecule has 0 aliphatic rings. The molecule has 0 unspecified atom stereocenters. The summed E-state index contributed by atoms with van der Waals surface area (Å²) >= 11 is 0. The van der Waals surface area contributed by atoms with Crippen LogP contribution in [-0.2, 0) is 4.74 Å². The van der Waals surface area contributed by atoms with Crippen LogP contribution in [0.25, 0.3) is 0 Å². The maximum atomic E-state index is 12.4. The normalized spacial score (nSPS) is 13.2. The molecule has 112 valence electrons. The van der Waals surface area contributed by atoms with Gasteiger partial charge in [-0.3, -0.25) is 0 Å². The van der Waals surface area contributed by atoms with Gasteiger partial charge in [-0.25, -0.2) is 4.79 Å². The largest absolute Gasteiger partial charge is 0.452 e. The monoisotopic (exact) mass is 278 g/mol. The van der Waals surface area contributed by atoms with E-state index in [9.17, 15) is 4.79 Å². The van der Waals surface area contributed by atoms with Crippen molar-refractivity contribution in [3.8, 4) is 0 Å². The van der Waals surface area contributed by atoms with Crippen LogP contribution in [0, 0.1) is 0 Å². The first-order chi connectivity index (χ1) is 9.05. The Bertz CT molecular complexity index is 442. The van der Waals surface area contributed by atoms with Gasteiger partial charge in [0.2, 0.25) is 0 Å². The van der Waals surface area contributed by atoms with E-state index in [4.69, 9.17) is 16.2 Å². The average molecular weight is 278 g/mol. The highest BCUT2D eigenvalue weighted by atomic mass is 16.6. The van der Waals surface area contributed by atoms with Crippen molar-refractivity contribution in [2.24, 2.45) is 11.5 Å². The van der Waals surface area contributed by atoms with Gasteiger partial charge in [-0.05, 0) is 46.2 Å². The van der Waals surface area contributed by atoms with Gasteiger partial charge in [0.15, 0.2) is 0 Å². The van der Waals surface area contributed by atoms with Crippen LogP contribution in [-0.4, -0.2) is 22.6 Å². The molecule has 0 spiro atoms. The van der Waals surface area contributed by atoms with Crippen LogP contribution in [0.5, 0.6) is 0 Å². The molecular formula is C16H26N2O2. The van der Waals surface area contributed by atoms with Crippen LogP contribution >= 0.6 is 0 Å². The molecule has 4 nitrogen and oxygen atoms in total. The van der Waals surface area contributed by atoms with Gasteiger partial charge in [0.05, 0.1) is 16.6 Å². The lowest BCUT2D eigenvalue weighted by atomic mass is 9.69. The summed E-state index contributed by atoms with van der Waals surface area (Å²) in [7, 11) is 0. The van der Waals surface area contributed by atoms with E-state index in [1.165, 1.54) is 0 Å². The summed E-state index contributed by atoms with van der Waals surface area (Å²) in [6.45, 7) is 9.28. The van der Waals surface area contributed by atoms with E-state index < -0.39 is 22.6 Å². The average Bonchev–Trinajstić information content (AvgIpc) is 2.33. The molecule has 4 heteroatoms. The molecular weight excluding hydrogens is 252 g/mol. The van der Waals surface area contributed by atoms with Crippen molar-refractivity contribution in [3.05, 3.63) is 35.9 Å². The van der Waals surface area contributed by atoms with Crippen molar-refractivity contribution < 1.29 is 9.53 Å². The first-order valence-corrected chi connectivity index (χ1v) is 6.91. The molecule has 1 aromatic rings. The first kappa shape index (κ1) is 16.7. The molecule has 0 aliphatic heterocycles. The second-order valence-corrected chi connectivity index (χ2v) is 6.38. The highest BCUT2D eigenvalue weighted by molar-refractivity contribution is 5.89. The van der Waals surface area contributed by atoms with Gasteiger partial charge in [0, 0.05) is 0 Å². The van der Waals surface area contributed by atoms with Gasteiger partial charge < -0.3 is 16.2 Å². The van der Waals surface area contributed by atoms with E-state index in [-0.39, 0.29) is 0 Å². The SMILES string of the molecule is CCC(OC(=O)c1ccccc1)(C(C)(C)N)C(C)(C)N. The standard InChI is InChI=1S/C16H26N2O2/c1-6-16(14(2,3)17,15(4,5)18)20-13(19)12-10-8-7-9-11-12/h7-11H,6,17-18H2,1-5H3. The number of hydrogen-bond acceptors (Lipinski definition) is 4. The third-order valence-corrected chi connectivity index (χ3v) is 3.86. The number of nitrogens with two attached hydrogens (primary N) is 2. The molecule has 0 radical (unpaired) electrons. The van der Waals surface area contributed by atoms with Gasteiger partial charge in [-0.1, -0.05) is 25.1 Å². The number of esters is 1. The predicted octanol–water partition coefficient (Wildman–Crippen LogP) is 2.47. The minimum atomic E-state index is -0.951. The maximum absolute atomic E-state index is 12.4. The minimum Gasteiger partial charge on any atom is -0.452 e. The molecule has 0 aromatic heterocycles. The topological polar surface area (TPSA) is 78.3 Å². The lowest BCUT2D eigenvalue weighted by Crippen LogP contribution is -2.71. The third-order valence-electron chi connectivity index (χ3n) is 3.86. The van der Waals surface area contributed by atoms with Crippen LogP contribution in [0.1, 0.15) is 51.4 Å². The first-order valence-electron chi connectivity index (χ1n) is 6.91. The molecule has 0 heterocycles. The Morgan fingerprint density at radius 1 is 1.05 bits per heavy atom. The Kier molecular flexibility index (Phi) is 4.62. The van der Waals surface area contributed by atoms with E-state index >= 15 is 0 Å². The zero-order chi connectivity index (χ0) is 15.6. The van der Waals surface area contributed by atoms with Crippen LogP contribution < -0.4 is 11.5 Å². The molecule has 20 heavy (non-hydrogen) atoms. The van der Waals surface area contributed by atoms with E-state index in [1.807, 2.05) is 40.7 Å². The highest BCUT2D eigenvalue weighted by Crippen LogP contribution is 2.37. The third kappa shape index (κ3) is 3.02. The Balaban J connectivity index is 3.18. The van der Waals surface area contributed by atoms with E-state index in [0.29, 0.717) is 12.0 Å². The molecule has 1 aromatic carbocycles. The van der Waals surface area contributed by atoms with Crippen molar-refractivity contribution in [2.75, 3.05) is 0 Å². The lowest BCUT2D eigenvalue weighted by Gasteiger charge is -2.51. The highest BCUT2D eigenvalue weighted by Gasteiger charge is 2.54. The van der Waals surface area contributed by atoms with Crippen LogP contribution in [0.2, 0.25) is 0 Å². The lowest BCUT2D eigenvalue weighted by molar-refractivity contribution is -0.0945. The summed E-state index contributed by atoms with van der Waals surface area (Å²) in [6.07, 6.45) is 0.540. The van der Waals surface area contributed by atoms with Gasteiger partial charge in [0.25, 0.3) is 0 Å². The smallest absolute Gasteiger partial charge is 0.338 e. The van der Waals surface area contributed by atoms with Crippen LogP contribution in [0.4, 0.5) is 0 Å². The Labute approximate surface area is 121 Å². The summed E-state index contributed by atoms with van der Waals surface area (Å²) < 4.78 is 5.81. The fourth-order valence-electron chi connectivity index (χ4n) is 2.87. The second kappa shape index (κ2) is 5.54. The molecule has 0 bridgehead atoms. The Hall–Kier alpha value is -1.39. The zero-order valence-corrected chi connectivity index (χ0v) is 13.1. The Morgan fingerprint density at radius 2 is 1.50 bits per heavy atom. The number of carbonyl (C=O) groups is 1. The van der Waals surface area contributed by atoms with Gasteiger partial charge in [0.1, 0.15) is 5.60 Å². The molecule has 0 aliphatic carbocycles. The molecule has 0 atom stereocenters. The summed E-state index contributed by atoms with van der Waals surface area (Å²) in [4.78, 5) is 12.4. The van der Waals surface area contributed by atoms with Gasteiger partial charge in [-0.2, -0.15) is 0 Å². The predicted molar refractivity (Wildman–Crippen MR) is 81.4 cm³/mol. The molecule has 0 saturated carbocycles. The van der Waals surface area contributed by atoms with E-state index in [1.54, 1.807) is 24.3 Å². The van der Waals surface area contributed by atoms with Gasteiger partial charge >= 0.3 is 5.97 Å². The van der Waals surface area contributed by atoms with Crippen molar-refractivity contribution in [3.63, 3.8) is 0 Å². The summed E-state index contributed by atoms with van der Waals surface area (Å²) in [5.74, 6) is -0.399. The molecule has 1 rings (SSSR count). The van der Waals surface area contributed by atoms with Crippen molar-refractivity contribution >= 4 is 5.97 Å². The van der Waals surface area contributed by atoms with Crippen LogP contribution in [0.3, 0.4) is 0 Å². The summed E-state index contributed by atoms with van der Waals surface area (Å²) in [5.41, 5.74) is 10.6.